The number of hydrogen-bond acceptors (Lipinski definition) is 5. The summed E-state index contributed by atoms with van der Waals surface area (Å²) in [6.07, 6.45) is 3.52. The summed E-state index contributed by atoms with van der Waals surface area (Å²) < 4.78 is 23.0. The Balaban J connectivity index is 1.74. The van der Waals surface area contributed by atoms with Gasteiger partial charge in [-0.15, -0.1) is 11.8 Å². The second-order valence-electron chi connectivity index (χ2n) is 6.57. The Morgan fingerprint density at radius 3 is 2.81 bits per heavy atom. The number of fused-ring (bicyclic) bond motifs is 1. The van der Waals surface area contributed by atoms with E-state index in [1.165, 1.54) is 0 Å². The lowest BCUT2D eigenvalue weighted by atomic mass is 9.96. The number of nitrogens with two attached hydrogens (primary N) is 1. The van der Waals surface area contributed by atoms with Crippen molar-refractivity contribution in [2.75, 3.05) is 12.4 Å². The second kappa shape index (κ2) is 8.57. The van der Waals surface area contributed by atoms with Crippen LogP contribution in [0, 0.1) is 0 Å². The Labute approximate surface area is 170 Å². The van der Waals surface area contributed by atoms with Crippen molar-refractivity contribution in [3.63, 3.8) is 0 Å². The highest BCUT2D eigenvalue weighted by Crippen LogP contribution is 2.50. The average Bonchev–Trinajstić information content (AvgIpc) is 3.35. The fourth-order valence-corrected chi connectivity index (χ4v) is 7.47. The van der Waals surface area contributed by atoms with Crippen LogP contribution < -0.4 is 5.73 Å². The number of pyridine rings is 1. The molecule has 0 saturated carbocycles. The van der Waals surface area contributed by atoms with E-state index in [0.29, 0.717) is 17.4 Å². The minimum Gasteiger partial charge on any atom is -0.319 e. The first-order chi connectivity index (χ1) is 13.2. The van der Waals surface area contributed by atoms with Crippen molar-refractivity contribution in [2.24, 2.45) is 5.73 Å². The highest BCUT2D eigenvalue weighted by atomic mass is 32.3. The topological polar surface area (TPSA) is 59.1 Å². The molecular weight excluding hydrogens is 399 g/mol. The van der Waals surface area contributed by atoms with Crippen molar-refractivity contribution in [1.82, 2.24) is 4.98 Å². The van der Waals surface area contributed by atoms with E-state index >= 15 is 0 Å². The lowest BCUT2D eigenvalue weighted by Gasteiger charge is -2.16. The predicted octanol–water partition coefficient (Wildman–Crippen LogP) is 5.32. The molecule has 0 amide bonds. The quantitative estimate of drug-likeness (QED) is 0.618. The van der Waals surface area contributed by atoms with Crippen LogP contribution in [-0.4, -0.2) is 26.5 Å². The van der Waals surface area contributed by atoms with E-state index in [-0.39, 0.29) is 10.6 Å². The zero-order valence-electron chi connectivity index (χ0n) is 14.8. The van der Waals surface area contributed by atoms with Crippen LogP contribution in [0.3, 0.4) is 0 Å². The summed E-state index contributed by atoms with van der Waals surface area (Å²) in [5.41, 5.74) is 10.9. The summed E-state index contributed by atoms with van der Waals surface area (Å²) in [4.78, 5) is 4.93. The van der Waals surface area contributed by atoms with E-state index < -0.39 is 17.9 Å². The van der Waals surface area contributed by atoms with Gasteiger partial charge in [-0.25, -0.2) is 4.98 Å². The number of rotatable bonds is 6. The Kier molecular flexibility index (Phi) is 6.14. The Bertz CT molecular complexity index is 825. The Morgan fingerprint density at radius 1 is 1.30 bits per heavy atom. The largest absolute Gasteiger partial charge is 0.319 e. The van der Waals surface area contributed by atoms with E-state index in [0.717, 1.165) is 33.8 Å². The zero-order chi connectivity index (χ0) is 18.8. The van der Waals surface area contributed by atoms with E-state index in [2.05, 4.69) is 29.7 Å². The molecule has 3 N–H and O–H groups in total. The van der Waals surface area contributed by atoms with Crippen molar-refractivity contribution in [1.29, 1.82) is 0 Å². The third kappa shape index (κ3) is 3.93. The summed E-state index contributed by atoms with van der Waals surface area (Å²) >= 11 is 2.42. The number of nitrogens with zero attached hydrogens (tertiary/aromatic N) is 1. The number of alkyl halides is 1. The summed E-state index contributed by atoms with van der Waals surface area (Å²) in [5.74, 6) is 0.450. The van der Waals surface area contributed by atoms with Crippen LogP contribution in [0.1, 0.15) is 35.4 Å². The van der Waals surface area contributed by atoms with Crippen LogP contribution in [0.25, 0.3) is 11.1 Å². The van der Waals surface area contributed by atoms with Gasteiger partial charge in [0.25, 0.3) is 0 Å². The predicted molar refractivity (Wildman–Crippen MR) is 116 cm³/mol. The van der Waals surface area contributed by atoms with Crippen molar-refractivity contribution < 1.29 is 8.94 Å². The number of halogens is 1. The molecule has 0 radical (unpaired) electrons. The van der Waals surface area contributed by atoms with Gasteiger partial charge in [-0.05, 0) is 40.8 Å². The maximum atomic E-state index is 12.5. The highest BCUT2D eigenvalue weighted by Gasteiger charge is 2.46. The molecule has 27 heavy (non-hydrogen) atoms. The molecule has 3 heterocycles. The van der Waals surface area contributed by atoms with Gasteiger partial charge in [-0.3, -0.25) is 4.39 Å². The van der Waals surface area contributed by atoms with E-state index in [4.69, 9.17) is 10.7 Å². The second-order valence-corrected chi connectivity index (χ2v) is 10.8. The molecule has 2 aliphatic heterocycles. The summed E-state index contributed by atoms with van der Waals surface area (Å²) in [6.45, 7) is -0.410. The first-order valence-corrected chi connectivity index (χ1v) is 12.2. The molecule has 4 unspecified atom stereocenters. The maximum Gasteiger partial charge on any atom is 0.220 e. The highest BCUT2D eigenvalue weighted by molar-refractivity contribution is 8.13. The van der Waals surface area contributed by atoms with Crippen LogP contribution in [0.2, 0.25) is 0 Å². The van der Waals surface area contributed by atoms with Crippen molar-refractivity contribution in [3.05, 3.63) is 59.1 Å². The van der Waals surface area contributed by atoms with Gasteiger partial charge in [0.05, 0.1) is 23.7 Å². The lowest BCUT2D eigenvalue weighted by molar-refractivity contribution is 0.485. The Morgan fingerprint density at radius 2 is 2.11 bits per heavy atom. The van der Waals surface area contributed by atoms with Crippen molar-refractivity contribution >= 4 is 34.7 Å². The molecule has 0 fully saturated rings. The summed E-state index contributed by atoms with van der Waals surface area (Å²) in [7, 11) is 0. The van der Waals surface area contributed by atoms with Crippen LogP contribution in [0.5, 0.6) is 0 Å². The van der Waals surface area contributed by atoms with Crippen LogP contribution in [-0.2, 0) is 11.2 Å². The smallest absolute Gasteiger partial charge is 0.220 e. The minimum atomic E-state index is -0.934. The van der Waals surface area contributed by atoms with Gasteiger partial charge >= 0.3 is 0 Å². The molecule has 1 aromatic carbocycles. The fraction of sp³-hybridized carbons (Fsp3) is 0.350. The van der Waals surface area contributed by atoms with Gasteiger partial charge in [0.2, 0.25) is 4.58 Å². The van der Waals surface area contributed by atoms with Gasteiger partial charge in [-0.1, -0.05) is 36.4 Å². The molecule has 4 atom stereocenters. The van der Waals surface area contributed by atoms with Gasteiger partial charge in [0.15, 0.2) is 11.2 Å². The van der Waals surface area contributed by atoms with E-state index in [9.17, 15) is 8.94 Å². The molecule has 7 heteroatoms. The molecular formula is C20H22FN2OS3+. The molecule has 0 spiro atoms. The molecule has 142 valence electrons. The first-order valence-electron chi connectivity index (χ1n) is 8.96. The van der Waals surface area contributed by atoms with Gasteiger partial charge in [0.1, 0.15) is 10.8 Å². The zero-order valence-corrected chi connectivity index (χ0v) is 17.2. The van der Waals surface area contributed by atoms with Crippen LogP contribution >= 0.6 is 23.5 Å². The normalized spacial score (nSPS) is 24.9. The first kappa shape index (κ1) is 19.3. The Hall–Kier alpha value is -0.990. The summed E-state index contributed by atoms with van der Waals surface area (Å²) in [6, 6.07) is 12.1. The number of benzene rings is 1. The van der Waals surface area contributed by atoms with Crippen molar-refractivity contribution in [3.8, 4) is 11.1 Å². The SMILES string of the molecule is NC1c2c(-c3ccccc3)cc(C3CC=CS3)nc2SC1[S+](O)CCCF. The van der Waals surface area contributed by atoms with E-state index in [1.807, 2.05) is 18.2 Å². The standard InChI is InChI=1S/C20H22FN2OS3/c21-9-5-11-27(24)20-18(22)17-14(13-6-2-1-3-7-13)12-15(23-19(17)26-20)16-8-4-10-25-16/h1-4,6-7,10,12,16,18,20,24H,5,8-9,11,22H2/q+1. The van der Waals surface area contributed by atoms with E-state index in [1.54, 1.807) is 23.5 Å². The molecule has 1 aromatic heterocycles. The number of thioether (sulfide) groups is 2. The molecule has 0 aliphatic carbocycles. The maximum absolute atomic E-state index is 12.5. The van der Waals surface area contributed by atoms with Gasteiger partial charge in [0, 0.05) is 12.0 Å². The molecule has 3 nitrogen and oxygen atoms in total. The fourth-order valence-electron chi connectivity index (χ4n) is 3.42. The van der Waals surface area contributed by atoms with Crippen LogP contribution in [0.4, 0.5) is 4.39 Å². The number of hydrogen-bond donors (Lipinski definition) is 2. The third-order valence-corrected chi connectivity index (χ3v) is 9.42. The minimum absolute atomic E-state index is 0.161. The monoisotopic (exact) mass is 421 g/mol. The van der Waals surface area contributed by atoms with Crippen molar-refractivity contribution in [2.45, 2.75) is 33.7 Å². The molecule has 2 aliphatic rings. The number of allylic oxidation sites excluding steroid dienone is 1. The lowest BCUT2D eigenvalue weighted by Crippen LogP contribution is -2.29. The third-order valence-electron chi connectivity index (χ3n) is 4.76. The molecule has 0 saturated heterocycles. The van der Waals surface area contributed by atoms with Gasteiger partial charge in [-0.2, -0.15) is 4.55 Å². The van der Waals surface area contributed by atoms with Crippen LogP contribution in [0.15, 0.2) is 52.9 Å². The number of aromatic nitrogens is 1. The molecule has 2 aromatic rings. The van der Waals surface area contributed by atoms with Gasteiger partial charge < -0.3 is 5.73 Å². The summed E-state index contributed by atoms with van der Waals surface area (Å²) in [5, 5.41) is 3.38. The average molecular weight is 422 g/mol. The molecule has 0 bridgehead atoms. The molecule has 4 rings (SSSR count).